The first-order valence-electron chi connectivity index (χ1n) is 5.69. The van der Waals surface area contributed by atoms with Gasteiger partial charge in [-0.05, 0) is 0 Å². The van der Waals surface area contributed by atoms with E-state index in [0.717, 1.165) is 4.57 Å². The van der Waals surface area contributed by atoms with Crippen LogP contribution < -0.4 is 17.2 Å². The van der Waals surface area contributed by atoms with Gasteiger partial charge in [-0.25, -0.2) is 4.79 Å². The molecule has 0 aliphatic carbocycles. The molecule has 1 saturated heterocycles. The highest BCUT2D eigenvalue weighted by molar-refractivity contribution is 5.36. The molecule has 7 N–H and O–H groups in total. The Labute approximate surface area is 108 Å². The molecule has 1 aliphatic heterocycles. The Morgan fingerprint density at radius 1 is 1.42 bits per heavy atom. The van der Waals surface area contributed by atoms with Gasteiger partial charge in [-0.1, -0.05) is 0 Å². The monoisotopic (exact) mass is 272 g/mol. The van der Waals surface area contributed by atoms with E-state index in [2.05, 4.69) is 4.98 Å². The first-order chi connectivity index (χ1) is 8.99. The van der Waals surface area contributed by atoms with Crippen LogP contribution in [0.15, 0.2) is 11.0 Å². The van der Waals surface area contributed by atoms with Gasteiger partial charge in [-0.15, -0.1) is 0 Å². The summed E-state index contributed by atoms with van der Waals surface area (Å²) in [4.78, 5) is 15.3. The average molecular weight is 272 g/mol. The molecule has 0 spiro atoms. The Hall–Kier alpha value is -1.52. The van der Waals surface area contributed by atoms with Gasteiger partial charge in [0, 0.05) is 18.3 Å². The quantitative estimate of drug-likeness (QED) is 0.387. The third-order valence-corrected chi connectivity index (χ3v) is 3.07. The molecular weight excluding hydrogens is 256 g/mol. The third-order valence-electron chi connectivity index (χ3n) is 3.07. The van der Waals surface area contributed by atoms with E-state index < -0.39 is 36.8 Å². The van der Waals surface area contributed by atoms with Crippen LogP contribution in [-0.2, 0) is 11.3 Å². The molecule has 0 unspecified atom stereocenters. The number of aromatic nitrogens is 2. The van der Waals surface area contributed by atoms with Crippen molar-refractivity contribution in [2.45, 2.75) is 31.1 Å². The standard InChI is InChI=1S/C10H16N4O5/c11-1-4-2-14(10(18)13-8(4)12)9-7(17)6(16)5(3-15)19-9/h2,5-7,9,15-17H,1,3,11H2,(H2,12,13,18)/t5-,6-,7-,9-/m1/s1. The van der Waals surface area contributed by atoms with Crippen molar-refractivity contribution in [1.82, 2.24) is 9.55 Å². The molecule has 0 amide bonds. The van der Waals surface area contributed by atoms with Crippen molar-refractivity contribution in [3.05, 3.63) is 22.2 Å². The van der Waals surface area contributed by atoms with Crippen molar-refractivity contribution in [2.75, 3.05) is 12.3 Å². The van der Waals surface area contributed by atoms with Crippen LogP contribution in [0.25, 0.3) is 0 Å². The number of rotatable bonds is 3. The minimum absolute atomic E-state index is 0.00972. The molecule has 1 aliphatic rings. The van der Waals surface area contributed by atoms with Gasteiger partial charge in [-0.3, -0.25) is 4.57 Å². The highest BCUT2D eigenvalue weighted by Crippen LogP contribution is 2.28. The Morgan fingerprint density at radius 2 is 2.11 bits per heavy atom. The molecule has 9 heteroatoms. The molecule has 1 aromatic heterocycles. The molecule has 0 radical (unpaired) electrons. The number of aliphatic hydroxyl groups is 3. The molecule has 4 atom stereocenters. The maximum absolute atomic E-state index is 11.7. The number of hydrogen-bond donors (Lipinski definition) is 5. The number of ether oxygens (including phenoxy) is 1. The van der Waals surface area contributed by atoms with E-state index in [4.69, 9.17) is 21.3 Å². The van der Waals surface area contributed by atoms with Gasteiger partial charge >= 0.3 is 5.69 Å². The highest BCUT2D eigenvalue weighted by Gasteiger charge is 2.43. The number of anilines is 1. The second-order valence-corrected chi connectivity index (χ2v) is 4.27. The fraction of sp³-hybridized carbons (Fsp3) is 0.600. The number of nitrogens with zero attached hydrogens (tertiary/aromatic N) is 2. The lowest BCUT2D eigenvalue weighted by Gasteiger charge is -2.18. The Morgan fingerprint density at radius 3 is 2.63 bits per heavy atom. The van der Waals surface area contributed by atoms with Crippen molar-refractivity contribution in [3.63, 3.8) is 0 Å². The van der Waals surface area contributed by atoms with Gasteiger partial charge in [0.15, 0.2) is 6.23 Å². The molecule has 9 nitrogen and oxygen atoms in total. The molecule has 2 heterocycles. The summed E-state index contributed by atoms with van der Waals surface area (Å²) in [6.45, 7) is -0.413. The number of aliphatic hydroxyl groups excluding tert-OH is 3. The lowest BCUT2D eigenvalue weighted by molar-refractivity contribution is -0.0550. The normalized spacial score (nSPS) is 30.7. The number of nitrogen functional groups attached to an aromatic ring is 1. The molecule has 1 aromatic rings. The average Bonchev–Trinajstić information content (AvgIpc) is 2.67. The lowest BCUT2D eigenvalue weighted by atomic mass is 10.1. The van der Waals surface area contributed by atoms with Crippen molar-refractivity contribution in [1.29, 1.82) is 0 Å². The summed E-state index contributed by atoms with van der Waals surface area (Å²) < 4.78 is 6.23. The molecule has 0 saturated carbocycles. The van der Waals surface area contributed by atoms with E-state index >= 15 is 0 Å². The van der Waals surface area contributed by atoms with E-state index in [1.54, 1.807) is 0 Å². The maximum Gasteiger partial charge on any atom is 0.351 e. The maximum atomic E-state index is 11.7. The summed E-state index contributed by atoms with van der Waals surface area (Å²) >= 11 is 0. The third kappa shape index (κ3) is 2.33. The summed E-state index contributed by atoms with van der Waals surface area (Å²) in [5.74, 6) is 0.00972. The largest absolute Gasteiger partial charge is 0.394 e. The van der Waals surface area contributed by atoms with Crippen LogP contribution in [0.2, 0.25) is 0 Å². The number of hydrogen-bond acceptors (Lipinski definition) is 8. The predicted octanol–water partition coefficient (Wildman–Crippen LogP) is -3.10. The van der Waals surface area contributed by atoms with E-state index in [1.165, 1.54) is 6.20 Å². The van der Waals surface area contributed by atoms with E-state index in [0.29, 0.717) is 5.56 Å². The van der Waals surface area contributed by atoms with Crippen molar-refractivity contribution >= 4 is 5.82 Å². The Kier molecular flexibility index (Phi) is 3.83. The molecule has 106 valence electrons. The zero-order chi connectivity index (χ0) is 14.2. The van der Waals surface area contributed by atoms with Crippen LogP contribution >= 0.6 is 0 Å². The first-order valence-corrected chi connectivity index (χ1v) is 5.69. The van der Waals surface area contributed by atoms with Gasteiger partial charge < -0.3 is 31.5 Å². The molecule has 19 heavy (non-hydrogen) atoms. The van der Waals surface area contributed by atoms with Crippen LogP contribution in [0.3, 0.4) is 0 Å². The van der Waals surface area contributed by atoms with Gasteiger partial charge in [0.05, 0.1) is 6.61 Å². The zero-order valence-corrected chi connectivity index (χ0v) is 10.0. The summed E-state index contributed by atoms with van der Waals surface area (Å²) in [6, 6.07) is 0. The Bertz CT molecular complexity index is 519. The second kappa shape index (κ2) is 5.23. The summed E-state index contributed by atoms with van der Waals surface area (Å²) in [6.07, 6.45) is -3.43. The van der Waals surface area contributed by atoms with E-state index in [-0.39, 0.29) is 12.4 Å². The van der Waals surface area contributed by atoms with Crippen LogP contribution in [-0.4, -0.2) is 49.8 Å². The molecule has 0 aromatic carbocycles. The van der Waals surface area contributed by atoms with Crippen LogP contribution in [0.1, 0.15) is 11.8 Å². The number of nitrogens with two attached hydrogens (primary N) is 2. The van der Waals surface area contributed by atoms with E-state index in [9.17, 15) is 15.0 Å². The summed E-state index contributed by atoms with van der Waals surface area (Å²) in [7, 11) is 0. The summed E-state index contributed by atoms with van der Waals surface area (Å²) in [5.41, 5.74) is 10.7. The SMILES string of the molecule is NCc1cn([C@@H]2O[C@H](CO)[C@@H](O)[C@H]2O)c(=O)nc1N. The smallest absolute Gasteiger partial charge is 0.351 e. The summed E-state index contributed by atoms with van der Waals surface area (Å²) in [5, 5.41) is 28.5. The Balaban J connectivity index is 2.40. The molecular formula is C10H16N4O5. The van der Waals surface area contributed by atoms with Crippen molar-refractivity contribution < 1.29 is 20.1 Å². The van der Waals surface area contributed by atoms with Gasteiger partial charge in [0.25, 0.3) is 0 Å². The van der Waals surface area contributed by atoms with Gasteiger partial charge in [-0.2, -0.15) is 4.98 Å². The zero-order valence-electron chi connectivity index (χ0n) is 10.0. The first kappa shape index (κ1) is 13.9. The van der Waals surface area contributed by atoms with Crippen molar-refractivity contribution in [3.8, 4) is 0 Å². The molecule has 2 rings (SSSR count). The topological polar surface area (TPSA) is 157 Å². The van der Waals surface area contributed by atoms with Crippen LogP contribution in [0.4, 0.5) is 5.82 Å². The highest BCUT2D eigenvalue weighted by atomic mass is 16.6. The minimum Gasteiger partial charge on any atom is -0.394 e. The van der Waals surface area contributed by atoms with Crippen LogP contribution in [0, 0.1) is 0 Å². The lowest BCUT2D eigenvalue weighted by Crippen LogP contribution is -2.36. The van der Waals surface area contributed by atoms with Gasteiger partial charge in [0.2, 0.25) is 0 Å². The van der Waals surface area contributed by atoms with Gasteiger partial charge in [0.1, 0.15) is 24.1 Å². The van der Waals surface area contributed by atoms with Crippen LogP contribution in [0.5, 0.6) is 0 Å². The predicted molar refractivity (Wildman–Crippen MR) is 63.8 cm³/mol. The van der Waals surface area contributed by atoms with E-state index in [1.807, 2.05) is 0 Å². The molecule has 0 bridgehead atoms. The fourth-order valence-corrected chi connectivity index (χ4v) is 1.97. The second-order valence-electron chi connectivity index (χ2n) is 4.27. The molecule has 1 fully saturated rings. The fourth-order valence-electron chi connectivity index (χ4n) is 1.97. The van der Waals surface area contributed by atoms with Crippen molar-refractivity contribution in [2.24, 2.45) is 5.73 Å². The minimum atomic E-state index is -1.36.